The highest BCUT2D eigenvalue weighted by molar-refractivity contribution is 8.21. The van der Waals surface area contributed by atoms with E-state index in [1.807, 2.05) is 39.9 Å². The number of nitrogens with one attached hydrogen (secondary N) is 4. The Morgan fingerprint density at radius 1 is 0.764 bits per heavy atom. The van der Waals surface area contributed by atoms with E-state index in [0.717, 1.165) is 10.9 Å². The number of nitrogens with zero attached hydrogens (tertiary/aromatic N) is 8. The van der Waals surface area contributed by atoms with E-state index in [0.29, 0.717) is 0 Å². The van der Waals surface area contributed by atoms with Gasteiger partial charge >= 0.3 is 31.7 Å². The molecule has 6 heterocycles. The highest BCUT2D eigenvalue weighted by Crippen LogP contribution is 2.72. The van der Waals surface area contributed by atoms with E-state index in [1.165, 1.54) is 10.9 Å². The average molecular weight is 1480 g/mol. The van der Waals surface area contributed by atoms with E-state index in [9.17, 15) is 61.7 Å². The summed E-state index contributed by atoms with van der Waals surface area (Å²) in [7, 11) is -17.9. The summed E-state index contributed by atoms with van der Waals surface area (Å²) in [6.45, 7) is 15.1. The van der Waals surface area contributed by atoms with Gasteiger partial charge in [0.1, 0.15) is 43.5 Å². The van der Waals surface area contributed by atoms with Gasteiger partial charge in [-0.05, 0) is 63.1 Å². The highest BCUT2D eigenvalue weighted by Gasteiger charge is 2.56. The quantitative estimate of drug-likeness (QED) is 0.0162. The van der Waals surface area contributed by atoms with Crippen molar-refractivity contribution in [3.63, 3.8) is 0 Å². The van der Waals surface area contributed by atoms with Gasteiger partial charge in [-0.15, -0.1) is 18.1 Å². The number of aliphatic hydroxyl groups excluding tert-OH is 2. The number of aromatic amines is 2. The number of fused-ring (bicyclic) bond motifs is 2. The molecular weight excluding hydrogens is 1410 g/mol. The Morgan fingerprint density at radius 2 is 1.18 bits per heavy atom. The van der Waals surface area contributed by atoms with Gasteiger partial charge in [0.15, 0.2) is 61.2 Å². The first-order chi connectivity index (χ1) is 40.5. The zero-order chi connectivity index (χ0) is 66.7. The minimum absolute atomic E-state index is 0. The Hall–Kier alpha value is -3.40. The minimum Gasteiger partial charge on any atom is -0.408 e. The number of hydrogen-bond acceptors (Lipinski definition) is 26. The molecule has 11 unspecified atom stereocenters. The number of nitriles is 2. The number of hydrogen-bond donors (Lipinski definition) is 9. The summed E-state index contributed by atoms with van der Waals surface area (Å²) in [4.78, 5) is 98.8. The maximum absolute atomic E-state index is 12.7. The number of imidazole rings is 2. The molecule has 9 N–H and O–H groups in total. The van der Waals surface area contributed by atoms with Crippen molar-refractivity contribution in [2.24, 2.45) is 11.8 Å². The van der Waals surface area contributed by atoms with Gasteiger partial charge in [0.2, 0.25) is 23.7 Å². The molecule has 6 rings (SSSR count). The number of carbonyl (C=O) groups excluding carboxylic acids is 2. The molecule has 0 bridgehead atoms. The van der Waals surface area contributed by atoms with Gasteiger partial charge < -0.3 is 43.3 Å². The number of H-pyrrole nitrogens is 2. The van der Waals surface area contributed by atoms with Crippen molar-refractivity contribution in [3.8, 4) is 12.1 Å². The fraction of sp³-hybridized carbons (Fsp3) is 0.674. The summed E-state index contributed by atoms with van der Waals surface area (Å²) >= 11 is 20.0. The molecule has 2 amide bonds. The Labute approximate surface area is 530 Å². The predicted octanol–water partition coefficient (Wildman–Crippen LogP) is 8.17. The second-order valence-corrected chi connectivity index (χ2v) is 42.6. The van der Waals surface area contributed by atoms with Crippen LogP contribution < -0.4 is 21.8 Å². The average Bonchev–Trinajstić information content (AvgIpc) is 1.64. The molecule has 2 aliphatic heterocycles. The number of ether oxygens (including phenoxy) is 2. The molecule has 2 aliphatic rings. The Bertz CT molecular complexity index is 3550. The minimum atomic E-state index is -4.94. The molecule has 46 heteroatoms. The van der Waals surface area contributed by atoms with Crippen molar-refractivity contribution in [1.82, 2.24) is 39.0 Å². The molecular formula is C43H68Cl4N12O23P6Si+2. The Kier molecular flexibility index (Phi) is 30.2. The molecule has 11 atom stereocenters. The maximum Gasteiger partial charge on any atom is 0.697 e. The standard InChI is InChI=1S/C23H35N6O8PSi.C18H25N6O13P3.CH2Cl4O2P2.CH4/c1-13(2)19(31)27-22-26-18-15(20(32)28-22)25-12-29(18)21-17(36-38(33)34-10-8-9-24)16(14(11-30)35-21)37-39(6,7)23(3,4)5;1-9(2)15(26)22-18-21-14-11(16(27)23-18)20-7-24(14)17-13(37-38(28)34-5-3-4-19)12(25)10(36-17)6-35-40(32,33)8-39(29,30)31;2-8(3,6)1-9(4,5)7;/h12-14,16-17,21,30H,8,10-11H2,1-7H3,(H-,26,27,28,31,32);7,9-10,12-13,17,25H,3,5-6,8H2,1-2H3,(H4-,21,22,23,26,27,29,30,31,32,33);1H2;1H4/p+2. The number of carbonyl (C=O) groups is 2. The molecule has 89 heavy (non-hydrogen) atoms. The van der Waals surface area contributed by atoms with Crippen LogP contribution in [0.15, 0.2) is 22.2 Å². The lowest BCUT2D eigenvalue weighted by Gasteiger charge is -2.39. The monoisotopic (exact) mass is 1470 g/mol. The summed E-state index contributed by atoms with van der Waals surface area (Å²) in [6.07, 6.45) is -7.87. The van der Waals surface area contributed by atoms with E-state index in [-0.39, 0.29) is 84.6 Å². The molecule has 0 spiro atoms. The second kappa shape index (κ2) is 33.6. The molecule has 2 fully saturated rings. The summed E-state index contributed by atoms with van der Waals surface area (Å²) < 4.78 is 116. The van der Waals surface area contributed by atoms with Crippen molar-refractivity contribution in [1.29, 1.82) is 10.5 Å². The first-order valence-corrected chi connectivity index (χ1v) is 41.7. The molecule has 35 nitrogen and oxygen atoms in total. The van der Waals surface area contributed by atoms with E-state index in [4.69, 9.17) is 102 Å². The third kappa shape index (κ3) is 24.1. The molecule has 498 valence electrons. The van der Waals surface area contributed by atoms with Gasteiger partial charge in [-0.2, -0.15) is 20.5 Å². The predicted molar refractivity (Wildman–Crippen MR) is 326 cm³/mol. The number of rotatable bonds is 26. The lowest BCUT2D eigenvalue weighted by Crippen LogP contribution is -2.50. The summed E-state index contributed by atoms with van der Waals surface area (Å²) in [6, 6.07) is 3.68. The number of amides is 2. The third-order valence-electron chi connectivity index (χ3n) is 12.3. The van der Waals surface area contributed by atoms with Crippen LogP contribution in [0.5, 0.6) is 0 Å². The van der Waals surface area contributed by atoms with Crippen molar-refractivity contribution < 1.29 is 98.4 Å². The lowest BCUT2D eigenvalue weighted by atomic mass is 10.1. The Morgan fingerprint density at radius 3 is 1.55 bits per heavy atom. The van der Waals surface area contributed by atoms with Crippen LogP contribution in [0.2, 0.25) is 18.1 Å². The zero-order valence-corrected chi connectivity index (χ0v) is 57.3. The van der Waals surface area contributed by atoms with Crippen LogP contribution in [0.3, 0.4) is 0 Å². The van der Waals surface area contributed by atoms with Crippen LogP contribution in [0, 0.1) is 34.5 Å². The fourth-order valence-corrected chi connectivity index (χ4v) is 21.4. The van der Waals surface area contributed by atoms with E-state index in [2.05, 4.69) is 40.5 Å². The van der Waals surface area contributed by atoms with Gasteiger partial charge in [0.05, 0.1) is 50.8 Å². The molecule has 0 aromatic carbocycles. The number of aromatic nitrogens is 8. The summed E-state index contributed by atoms with van der Waals surface area (Å²) in [5.41, 5.74) is -1.67. The number of halogens is 4. The molecule has 0 aliphatic carbocycles. The molecule has 2 saturated heterocycles. The highest BCUT2D eigenvalue weighted by atomic mass is 35.9. The fourth-order valence-electron chi connectivity index (χ4n) is 7.16. The van der Waals surface area contributed by atoms with Gasteiger partial charge in [-0.1, -0.05) is 55.9 Å². The van der Waals surface area contributed by atoms with Crippen molar-refractivity contribution in [2.45, 2.75) is 136 Å². The molecule has 0 radical (unpaired) electrons. The van der Waals surface area contributed by atoms with Crippen molar-refractivity contribution in [2.75, 3.05) is 48.9 Å². The molecule has 0 saturated carbocycles. The first-order valence-electron chi connectivity index (χ1n) is 25.6. The van der Waals surface area contributed by atoms with Gasteiger partial charge in [0.25, 0.3) is 22.8 Å². The summed E-state index contributed by atoms with van der Waals surface area (Å²) in [5, 5.41) is 43.2. The third-order valence-corrected chi connectivity index (χ3v) is 28.4. The zero-order valence-electron chi connectivity index (χ0n) is 47.9. The van der Waals surface area contributed by atoms with E-state index >= 15 is 0 Å². The smallest absolute Gasteiger partial charge is 0.408 e. The van der Waals surface area contributed by atoms with Gasteiger partial charge in [0, 0.05) is 21.0 Å². The lowest BCUT2D eigenvalue weighted by molar-refractivity contribution is -0.119. The van der Waals surface area contributed by atoms with Crippen LogP contribution >= 0.6 is 88.4 Å². The normalized spacial score (nSPS) is 21.6. The van der Waals surface area contributed by atoms with Crippen LogP contribution in [0.1, 0.15) is 81.2 Å². The SMILES string of the molecule is C.CC(C)C(=O)Nc1nc2c(ncn2C2OC(CO)C(O[Si](C)(C)C(C)(C)C)C2O[P+](=O)OCCC#N)c(=O)[nH]1.CC(C)C(=O)Nc1nc2c(ncn2C2OC(COP(=O)(O)CP(=O)(O)O)C(O)C2O[P+](=O)OCCC#N)c(=O)[nH]1.O=P(Cl)(Cl)CP(=O)(Cl)Cl. The second-order valence-electron chi connectivity index (χ2n) is 21.0. The van der Waals surface area contributed by atoms with Crippen LogP contribution in [-0.4, -0.2) is 159 Å². The maximum atomic E-state index is 12.7. The first kappa shape index (κ1) is 79.8. The van der Waals surface area contributed by atoms with Crippen LogP contribution in [0.25, 0.3) is 22.3 Å². The van der Waals surface area contributed by atoms with Crippen molar-refractivity contribution in [3.05, 3.63) is 33.4 Å². The van der Waals surface area contributed by atoms with E-state index < -0.39 is 149 Å². The van der Waals surface area contributed by atoms with E-state index in [1.54, 1.807) is 33.8 Å². The van der Waals surface area contributed by atoms with Crippen molar-refractivity contribution >= 4 is 143 Å². The molecule has 4 aromatic rings. The number of anilines is 2. The van der Waals surface area contributed by atoms with Gasteiger partial charge in [-0.3, -0.25) is 67.2 Å². The Balaban J connectivity index is 0.000000404. The van der Waals surface area contributed by atoms with Gasteiger partial charge in [-0.25, -0.2) is 9.97 Å². The number of aliphatic hydroxyl groups is 2. The largest absolute Gasteiger partial charge is 0.697 e. The summed E-state index contributed by atoms with van der Waals surface area (Å²) in [5.74, 6) is -10.7. The molecule has 4 aromatic heterocycles. The topological polar surface area (TPSA) is 510 Å². The van der Waals surface area contributed by atoms with Crippen LogP contribution in [0.4, 0.5) is 11.9 Å². The van der Waals surface area contributed by atoms with Crippen LogP contribution in [-0.2, 0) is 73.5 Å².